The summed E-state index contributed by atoms with van der Waals surface area (Å²) in [6.07, 6.45) is 0.343. The largest absolute Gasteiger partial charge is 0.341 e. The summed E-state index contributed by atoms with van der Waals surface area (Å²) in [5.74, 6) is -1.55. The van der Waals surface area contributed by atoms with E-state index >= 15 is 0 Å². The van der Waals surface area contributed by atoms with E-state index < -0.39 is 11.3 Å². The predicted octanol–water partition coefficient (Wildman–Crippen LogP) is 3.87. The molecule has 4 rings (SSSR count). The van der Waals surface area contributed by atoms with Crippen LogP contribution in [0.2, 0.25) is 0 Å². The Morgan fingerprint density at radius 1 is 1.06 bits per heavy atom. The number of hydrogen-bond donors (Lipinski definition) is 0. The minimum Gasteiger partial charge on any atom is -0.341 e. The number of rotatable bonds is 3. The highest BCUT2D eigenvalue weighted by atomic mass is 19.1. The number of nitrogens with zero attached hydrogens (tertiary/aromatic N) is 2. The number of amides is 1. The molecule has 2 fully saturated rings. The number of nitriles is 1. The summed E-state index contributed by atoms with van der Waals surface area (Å²) in [6, 6.07) is 11.9. The fourth-order valence-corrected chi connectivity index (χ4v) is 5.09. The van der Waals surface area contributed by atoms with Gasteiger partial charge in [-0.3, -0.25) is 14.4 Å². The Hall–Kier alpha value is -3.33. The quantitative estimate of drug-likeness (QED) is 0.709. The molecule has 0 atom stereocenters. The molecule has 2 aromatic carbocycles. The van der Waals surface area contributed by atoms with Crippen LogP contribution in [0.3, 0.4) is 0 Å². The molecule has 0 N–H and O–H groups in total. The van der Waals surface area contributed by atoms with Crippen LogP contribution in [0.1, 0.15) is 41.9 Å². The zero-order chi connectivity index (χ0) is 22.3. The Morgan fingerprint density at radius 3 is 2.13 bits per heavy atom. The highest BCUT2D eigenvalue weighted by molar-refractivity contribution is 6.11. The van der Waals surface area contributed by atoms with E-state index in [1.807, 2.05) is 32.0 Å². The van der Waals surface area contributed by atoms with E-state index in [1.54, 1.807) is 17.0 Å². The van der Waals surface area contributed by atoms with E-state index in [4.69, 9.17) is 5.26 Å². The van der Waals surface area contributed by atoms with Crippen molar-refractivity contribution >= 4 is 17.5 Å². The first-order valence-corrected chi connectivity index (χ1v) is 10.3. The maximum Gasteiger partial charge on any atom is 0.236 e. The third-order valence-electron chi connectivity index (χ3n) is 6.44. The maximum absolute atomic E-state index is 13.2. The summed E-state index contributed by atoms with van der Waals surface area (Å²) >= 11 is 0. The normalized spacial score (nSPS) is 18.1. The van der Waals surface area contributed by atoms with Gasteiger partial charge in [-0.1, -0.05) is 24.3 Å². The van der Waals surface area contributed by atoms with Crippen LogP contribution >= 0.6 is 0 Å². The van der Waals surface area contributed by atoms with Gasteiger partial charge in [-0.05, 0) is 53.8 Å². The van der Waals surface area contributed by atoms with E-state index in [9.17, 15) is 18.8 Å². The second-order valence-corrected chi connectivity index (χ2v) is 8.83. The molecule has 158 valence electrons. The molecule has 1 aliphatic heterocycles. The molecule has 6 heteroatoms. The number of Topliss-reactive ketones (excluding diaryl/α,β-unsaturated/α-hetero) is 2. The van der Waals surface area contributed by atoms with Crippen molar-refractivity contribution < 1.29 is 18.8 Å². The molecule has 2 aliphatic rings. The smallest absolute Gasteiger partial charge is 0.236 e. The lowest BCUT2D eigenvalue weighted by molar-refractivity contribution is -0.154. The summed E-state index contributed by atoms with van der Waals surface area (Å²) in [4.78, 5) is 39.6. The fourth-order valence-electron chi connectivity index (χ4n) is 5.09. The van der Waals surface area contributed by atoms with E-state index in [1.165, 1.54) is 12.1 Å². The summed E-state index contributed by atoms with van der Waals surface area (Å²) < 4.78 is 13.2. The van der Waals surface area contributed by atoms with Gasteiger partial charge in [-0.2, -0.15) is 5.26 Å². The van der Waals surface area contributed by atoms with Gasteiger partial charge in [0.05, 0.1) is 6.07 Å². The summed E-state index contributed by atoms with van der Waals surface area (Å²) in [5, 5.41) is 8.69. The van der Waals surface area contributed by atoms with Gasteiger partial charge in [0.2, 0.25) is 5.91 Å². The molecule has 1 aliphatic carbocycles. The second-order valence-electron chi connectivity index (χ2n) is 8.83. The number of aryl methyl sites for hydroxylation is 2. The number of carbonyl (C=O) groups excluding carboxylic acids is 3. The monoisotopic (exact) mass is 418 g/mol. The van der Waals surface area contributed by atoms with Crippen LogP contribution in [-0.4, -0.2) is 35.5 Å². The molecular weight excluding hydrogens is 395 g/mol. The first-order chi connectivity index (χ1) is 14.7. The Kier molecular flexibility index (Phi) is 5.22. The zero-order valence-corrected chi connectivity index (χ0v) is 17.6. The van der Waals surface area contributed by atoms with Crippen LogP contribution in [0.25, 0.3) is 11.1 Å². The maximum atomic E-state index is 13.2. The Labute approximate surface area is 180 Å². The van der Waals surface area contributed by atoms with Crippen molar-refractivity contribution in [1.29, 1.82) is 5.26 Å². The minimum atomic E-state index is -0.781. The van der Waals surface area contributed by atoms with Gasteiger partial charge in [0.15, 0.2) is 0 Å². The lowest BCUT2D eigenvalue weighted by Crippen LogP contribution is -2.62. The number of hydrogen-bond acceptors (Lipinski definition) is 4. The van der Waals surface area contributed by atoms with Crippen molar-refractivity contribution in [2.45, 2.75) is 39.0 Å². The average Bonchev–Trinajstić information content (AvgIpc) is 2.68. The lowest BCUT2D eigenvalue weighted by atomic mass is 9.63. The summed E-state index contributed by atoms with van der Waals surface area (Å²) in [5.41, 5.74) is 3.79. The van der Waals surface area contributed by atoms with Gasteiger partial charge in [-0.25, -0.2) is 4.39 Å². The van der Waals surface area contributed by atoms with E-state index in [-0.39, 0.29) is 42.6 Å². The van der Waals surface area contributed by atoms with E-state index in [2.05, 4.69) is 0 Å². The Balaban J connectivity index is 1.56. The number of ketones is 2. The molecule has 31 heavy (non-hydrogen) atoms. The third kappa shape index (κ3) is 3.76. The first-order valence-electron chi connectivity index (χ1n) is 10.3. The van der Waals surface area contributed by atoms with Crippen LogP contribution in [0.5, 0.6) is 0 Å². The van der Waals surface area contributed by atoms with Gasteiger partial charge >= 0.3 is 0 Å². The van der Waals surface area contributed by atoms with E-state index in [0.717, 1.165) is 27.8 Å². The molecule has 2 aromatic rings. The van der Waals surface area contributed by atoms with Crippen LogP contribution in [-0.2, 0) is 14.4 Å². The predicted molar refractivity (Wildman–Crippen MR) is 113 cm³/mol. The van der Waals surface area contributed by atoms with Gasteiger partial charge in [0.1, 0.15) is 29.7 Å². The van der Waals surface area contributed by atoms with Crippen LogP contribution in [0.15, 0.2) is 36.4 Å². The van der Waals surface area contributed by atoms with E-state index in [0.29, 0.717) is 13.1 Å². The molecule has 0 aromatic heterocycles. The third-order valence-corrected chi connectivity index (χ3v) is 6.44. The van der Waals surface area contributed by atoms with Gasteiger partial charge < -0.3 is 4.90 Å². The Morgan fingerprint density at radius 2 is 1.61 bits per heavy atom. The number of halogens is 1. The SMILES string of the molecule is Cc1cc(-c2ccc(F)cc2)cc(C)c1C1C(=O)CC2(CC1=O)CN(C(=O)CC#N)C2. The molecule has 0 radical (unpaired) electrons. The topological polar surface area (TPSA) is 78.2 Å². The number of carbonyl (C=O) groups is 3. The molecule has 1 amide bonds. The molecule has 0 unspecified atom stereocenters. The van der Waals surface area contributed by atoms with Crippen molar-refractivity contribution in [3.63, 3.8) is 0 Å². The minimum absolute atomic E-state index is 0.107. The number of likely N-dealkylation sites (tertiary alicyclic amines) is 1. The summed E-state index contributed by atoms with van der Waals surface area (Å²) in [7, 11) is 0. The molecule has 5 nitrogen and oxygen atoms in total. The van der Waals surface area contributed by atoms with Crippen molar-refractivity contribution in [1.82, 2.24) is 4.90 Å². The second kappa shape index (κ2) is 7.73. The van der Waals surface area contributed by atoms with Gasteiger partial charge in [-0.15, -0.1) is 0 Å². The highest BCUT2D eigenvalue weighted by Crippen LogP contribution is 2.46. The van der Waals surface area contributed by atoms with Gasteiger partial charge in [0.25, 0.3) is 0 Å². The van der Waals surface area contributed by atoms with Crippen molar-refractivity contribution in [2.24, 2.45) is 5.41 Å². The molecular formula is C25H23FN2O3. The zero-order valence-electron chi connectivity index (χ0n) is 17.6. The van der Waals surface area contributed by atoms with Gasteiger partial charge in [0, 0.05) is 31.3 Å². The lowest BCUT2D eigenvalue weighted by Gasteiger charge is -2.52. The standard InChI is InChI=1S/C25H23FN2O3/c1-15-9-18(17-3-5-19(26)6-4-17)10-16(2)23(15)24-20(29)11-25(12-21(24)30)13-28(14-25)22(31)7-8-27/h3-6,9-10,24H,7,11-14H2,1-2H3. The van der Waals surface area contributed by atoms with Crippen LogP contribution in [0, 0.1) is 36.4 Å². The van der Waals surface area contributed by atoms with Crippen molar-refractivity contribution in [2.75, 3.05) is 13.1 Å². The molecule has 0 bridgehead atoms. The van der Waals surface area contributed by atoms with Crippen LogP contribution in [0.4, 0.5) is 4.39 Å². The Bertz CT molecular complexity index is 1080. The fraction of sp³-hybridized carbons (Fsp3) is 0.360. The first kappa shape index (κ1) is 20.9. The number of benzene rings is 2. The average molecular weight is 418 g/mol. The highest BCUT2D eigenvalue weighted by Gasteiger charge is 2.53. The van der Waals surface area contributed by atoms with Crippen molar-refractivity contribution in [3.8, 4) is 17.2 Å². The molecule has 1 heterocycles. The molecule has 1 spiro atoms. The molecule has 1 saturated carbocycles. The summed E-state index contributed by atoms with van der Waals surface area (Å²) in [6.45, 7) is 4.51. The van der Waals surface area contributed by atoms with Crippen LogP contribution < -0.4 is 0 Å². The van der Waals surface area contributed by atoms with Crippen molar-refractivity contribution in [3.05, 3.63) is 58.9 Å². The molecule has 1 saturated heterocycles.